The Morgan fingerprint density at radius 2 is 1.54 bits per heavy atom. The Labute approximate surface area is 155 Å². The number of carbonyl (C=O) groups excluding carboxylic acids is 2. The molecular formula is C18H15ClN2O4S. The number of benzene rings is 2. The Kier molecular flexibility index (Phi) is 4.70. The van der Waals surface area contributed by atoms with Crippen molar-refractivity contribution in [2.45, 2.75) is 18.4 Å². The Morgan fingerprint density at radius 3 is 2.08 bits per heavy atom. The third-order valence-electron chi connectivity index (χ3n) is 4.04. The van der Waals surface area contributed by atoms with Gasteiger partial charge in [0.2, 0.25) is 10.0 Å². The van der Waals surface area contributed by atoms with Crippen LogP contribution >= 0.6 is 11.6 Å². The minimum atomic E-state index is -3.80. The van der Waals surface area contributed by atoms with Crippen molar-refractivity contribution in [1.29, 1.82) is 0 Å². The second-order valence-corrected chi connectivity index (χ2v) is 7.88. The summed E-state index contributed by atoms with van der Waals surface area (Å²) in [6.45, 7) is 1.90. The molecule has 0 radical (unpaired) electrons. The Balaban J connectivity index is 1.86. The van der Waals surface area contributed by atoms with Crippen LogP contribution in [0.4, 0.5) is 0 Å². The molecule has 6 nitrogen and oxygen atoms in total. The molecule has 0 atom stereocenters. The van der Waals surface area contributed by atoms with Crippen molar-refractivity contribution < 1.29 is 18.0 Å². The van der Waals surface area contributed by atoms with Crippen molar-refractivity contribution in [3.63, 3.8) is 0 Å². The molecule has 1 aliphatic heterocycles. The van der Waals surface area contributed by atoms with E-state index in [1.54, 1.807) is 12.1 Å². The van der Waals surface area contributed by atoms with Gasteiger partial charge >= 0.3 is 0 Å². The van der Waals surface area contributed by atoms with Crippen molar-refractivity contribution in [2.75, 3.05) is 0 Å². The number of rotatable bonds is 4. The van der Waals surface area contributed by atoms with Gasteiger partial charge in [-0.25, -0.2) is 13.6 Å². The van der Waals surface area contributed by atoms with Gasteiger partial charge in [-0.3, -0.25) is 14.5 Å². The summed E-state index contributed by atoms with van der Waals surface area (Å²) in [6.07, 6.45) is 0. The van der Waals surface area contributed by atoms with E-state index in [-0.39, 0.29) is 22.0 Å². The van der Waals surface area contributed by atoms with Gasteiger partial charge in [-0.1, -0.05) is 53.6 Å². The van der Waals surface area contributed by atoms with Crippen molar-refractivity contribution in [3.05, 3.63) is 70.3 Å². The highest BCUT2D eigenvalue weighted by molar-refractivity contribution is 7.89. The van der Waals surface area contributed by atoms with Crippen LogP contribution in [-0.4, -0.2) is 25.1 Å². The number of aryl methyl sites for hydroxylation is 1. The molecule has 3 rings (SSSR count). The fraction of sp³-hybridized carbons (Fsp3) is 0.111. The Morgan fingerprint density at radius 1 is 0.962 bits per heavy atom. The van der Waals surface area contributed by atoms with Crippen LogP contribution in [0.25, 0.3) is 5.57 Å². The van der Waals surface area contributed by atoms with Gasteiger partial charge in [0.15, 0.2) is 0 Å². The van der Waals surface area contributed by atoms with E-state index < -0.39 is 21.8 Å². The minimum Gasteiger partial charge on any atom is -0.269 e. The number of halogens is 1. The van der Waals surface area contributed by atoms with Crippen LogP contribution < -0.4 is 5.14 Å². The minimum absolute atomic E-state index is 0.0197. The van der Waals surface area contributed by atoms with Gasteiger partial charge < -0.3 is 0 Å². The molecule has 0 aromatic heterocycles. The van der Waals surface area contributed by atoms with Crippen molar-refractivity contribution in [3.8, 4) is 0 Å². The molecule has 0 bridgehead atoms. The number of primary sulfonamides is 1. The summed E-state index contributed by atoms with van der Waals surface area (Å²) >= 11 is 6.12. The number of carbonyl (C=O) groups is 2. The van der Waals surface area contributed by atoms with Gasteiger partial charge in [0.25, 0.3) is 11.8 Å². The molecule has 0 spiro atoms. The number of sulfonamides is 1. The monoisotopic (exact) mass is 390 g/mol. The van der Waals surface area contributed by atoms with Crippen LogP contribution in [0.3, 0.4) is 0 Å². The van der Waals surface area contributed by atoms with Gasteiger partial charge in [-0.15, -0.1) is 0 Å². The summed E-state index contributed by atoms with van der Waals surface area (Å²) in [7, 11) is -3.80. The van der Waals surface area contributed by atoms with Gasteiger partial charge in [0.1, 0.15) is 5.03 Å². The molecule has 26 heavy (non-hydrogen) atoms. The predicted octanol–water partition coefficient (Wildman–Crippen LogP) is 2.16. The quantitative estimate of drug-likeness (QED) is 0.809. The van der Waals surface area contributed by atoms with E-state index >= 15 is 0 Å². The van der Waals surface area contributed by atoms with Crippen LogP contribution in [0.15, 0.2) is 58.5 Å². The molecule has 2 amide bonds. The molecule has 0 saturated carbocycles. The lowest BCUT2D eigenvalue weighted by Crippen LogP contribution is -2.30. The molecule has 8 heteroatoms. The lowest BCUT2D eigenvalue weighted by Gasteiger charge is -2.15. The molecule has 1 aliphatic rings. The topological polar surface area (TPSA) is 97.5 Å². The standard InChI is InChI=1S/C18H15ClN2O4S/c1-11-2-6-13(7-3-11)15-16(19)18(23)21(17(15)22)10-12-4-8-14(9-5-12)26(20,24)25/h2-9H,10H2,1H3,(H2,20,24,25). The van der Waals surface area contributed by atoms with Gasteiger partial charge in [-0.2, -0.15) is 0 Å². The maximum atomic E-state index is 12.7. The zero-order chi connectivity index (χ0) is 19.1. The molecule has 0 aliphatic carbocycles. The molecule has 2 N–H and O–H groups in total. The zero-order valence-corrected chi connectivity index (χ0v) is 15.3. The Hall–Kier alpha value is -2.48. The van der Waals surface area contributed by atoms with Crippen LogP contribution in [0.2, 0.25) is 0 Å². The molecule has 2 aromatic rings. The van der Waals surface area contributed by atoms with Gasteiger partial charge in [0, 0.05) is 0 Å². The molecule has 1 heterocycles. The number of nitrogens with zero attached hydrogens (tertiary/aromatic N) is 1. The van der Waals surface area contributed by atoms with Gasteiger partial charge in [-0.05, 0) is 30.2 Å². The Bertz CT molecular complexity index is 1030. The maximum absolute atomic E-state index is 12.7. The summed E-state index contributed by atoms with van der Waals surface area (Å²) in [5, 5.41) is 4.93. The van der Waals surface area contributed by atoms with Crippen LogP contribution in [-0.2, 0) is 26.2 Å². The van der Waals surface area contributed by atoms with Crippen molar-refractivity contribution >= 4 is 39.0 Å². The van der Waals surface area contributed by atoms with Gasteiger partial charge in [0.05, 0.1) is 17.0 Å². The highest BCUT2D eigenvalue weighted by Crippen LogP contribution is 2.32. The maximum Gasteiger partial charge on any atom is 0.273 e. The highest BCUT2D eigenvalue weighted by Gasteiger charge is 2.38. The smallest absolute Gasteiger partial charge is 0.269 e. The number of hydrogen-bond acceptors (Lipinski definition) is 4. The fourth-order valence-corrected chi connectivity index (χ4v) is 3.44. The number of nitrogens with two attached hydrogens (primary N) is 1. The highest BCUT2D eigenvalue weighted by atomic mass is 35.5. The van der Waals surface area contributed by atoms with E-state index in [1.807, 2.05) is 19.1 Å². The number of amides is 2. The largest absolute Gasteiger partial charge is 0.273 e. The first kappa shape index (κ1) is 18.3. The second kappa shape index (κ2) is 6.68. The average molecular weight is 391 g/mol. The lowest BCUT2D eigenvalue weighted by molar-refractivity contribution is -0.137. The molecule has 134 valence electrons. The van der Waals surface area contributed by atoms with E-state index in [9.17, 15) is 18.0 Å². The van der Waals surface area contributed by atoms with E-state index in [0.717, 1.165) is 10.5 Å². The summed E-state index contributed by atoms with van der Waals surface area (Å²) in [5.74, 6) is -1.07. The molecular weight excluding hydrogens is 376 g/mol. The first-order valence-electron chi connectivity index (χ1n) is 7.63. The third kappa shape index (κ3) is 3.41. The normalized spacial score (nSPS) is 15.1. The lowest BCUT2D eigenvalue weighted by atomic mass is 10.0. The summed E-state index contributed by atoms with van der Waals surface area (Å²) in [4.78, 5) is 26.1. The third-order valence-corrected chi connectivity index (χ3v) is 5.32. The summed E-state index contributed by atoms with van der Waals surface area (Å²) < 4.78 is 22.6. The molecule has 0 fully saturated rings. The predicted molar refractivity (Wildman–Crippen MR) is 97.3 cm³/mol. The molecule has 0 saturated heterocycles. The number of hydrogen-bond donors (Lipinski definition) is 1. The second-order valence-electron chi connectivity index (χ2n) is 5.94. The van der Waals surface area contributed by atoms with E-state index in [4.69, 9.17) is 16.7 Å². The summed E-state index contributed by atoms with van der Waals surface area (Å²) in [5.41, 5.74) is 2.34. The first-order chi connectivity index (χ1) is 12.2. The van der Waals surface area contributed by atoms with Crippen LogP contribution in [0.1, 0.15) is 16.7 Å². The summed E-state index contributed by atoms with van der Waals surface area (Å²) in [6, 6.07) is 12.8. The van der Waals surface area contributed by atoms with Crippen molar-refractivity contribution in [2.24, 2.45) is 5.14 Å². The molecule has 0 unspecified atom stereocenters. The fourth-order valence-electron chi connectivity index (χ4n) is 2.63. The van der Waals surface area contributed by atoms with Crippen LogP contribution in [0.5, 0.6) is 0 Å². The SMILES string of the molecule is Cc1ccc(C2=C(Cl)C(=O)N(Cc3ccc(S(N)(=O)=O)cc3)C2=O)cc1. The van der Waals surface area contributed by atoms with E-state index in [2.05, 4.69) is 0 Å². The van der Waals surface area contributed by atoms with Crippen molar-refractivity contribution in [1.82, 2.24) is 4.90 Å². The van der Waals surface area contributed by atoms with E-state index in [1.165, 1.54) is 24.3 Å². The molecule has 2 aromatic carbocycles. The van der Waals surface area contributed by atoms with E-state index in [0.29, 0.717) is 11.1 Å². The average Bonchev–Trinajstić information content (AvgIpc) is 2.79. The zero-order valence-electron chi connectivity index (χ0n) is 13.8. The number of imide groups is 1. The van der Waals surface area contributed by atoms with Crippen LogP contribution in [0, 0.1) is 6.92 Å². The first-order valence-corrected chi connectivity index (χ1v) is 9.55.